The number of carbonyl (C=O) groups is 5. The quantitative estimate of drug-likeness (QED) is 0.215. The van der Waals surface area contributed by atoms with Crippen LogP contribution in [0.1, 0.15) is 43.5 Å². The molecule has 3 atom stereocenters. The van der Waals surface area contributed by atoms with Gasteiger partial charge in [0.2, 0.25) is 17.7 Å². The Bertz CT molecular complexity index is 1510. The van der Waals surface area contributed by atoms with Gasteiger partial charge < -0.3 is 36.7 Å². The lowest BCUT2D eigenvalue weighted by Gasteiger charge is -2.35. The van der Waals surface area contributed by atoms with E-state index in [2.05, 4.69) is 20.9 Å². The largest absolute Gasteiger partial charge is 0.481 e. The Morgan fingerprint density at radius 3 is 2.45 bits per heavy atom. The van der Waals surface area contributed by atoms with Gasteiger partial charge in [-0.05, 0) is 48.6 Å². The summed E-state index contributed by atoms with van der Waals surface area (Å²) in [6.07, 6.45) is -0.287. The third-order valence-electron chi connectivity index (χ3n) is 7.22. The number of aromatic amines is 1. The molecule has 0 saturated carbocycles. The minimum absolute atomic E-state index is 0.0418. The fourth-order valence-corrected chi connectivity index (χ4v) is 5.21. The summed E-state index contributed by atoms with van der Waals surface area (Å²) in [6, 6.07) is 11.0. The van der Waals surface area contributed by atoms with Crippen LogP contribution in [0.5, 0.6) is 0 Å². The maximum atomic E-state index is 13.9. The number of carboxylic acids is 1. The number of carbonyl (C=O) groups excluding carboxylic acids is 4. The highest BCUT2D eigenvalue weighted by molar-refractivity contribution is 5.98. The van der Waals surface area contributed by atoms with Crippen molar-refractivity contribution in [3.05, 3.63) is 65.4 Å². The lowest BCUT2D eigenvalue weighted by Crippen LogP contribution is -2.59. The minimum atomic E-state index is -1.44. The van der Waals surface area contributed by atoms with Crippen LogP contribution in [0.15, 0.2) is 48.5 Å². The molecule has 0 fully saturated rings. The Kier molecular flexibility index (Phi) is 9.14. The molecule has 0 saturated heterocycles. The van der Waals surface area contributed by atoms with Crippen LogP contribution < -0.4 is 21.7 Å². The summed E-state index contributed by atoms with van der Waals surface area (Å²) in [7, 11) is 0. The van der Waals surface area contributed by atoms with Gasteiger partial charge in [-0.15, -0.1) is 0 Å². The summed E-state index contributed by atoms with van der Waals surface area (Å²) in [5, 5.41) is 18.1. The number of aromatic nitrogens is 1. The first-order valence-electron chi connectivity index (χ1n) is 13.8. The molecule has 5 amide bonds. The molecule has 0 aliphatic carbocycles. The van der Waals surface area contributed by atoms with Crippen molar-refractivity contribution in [2.24, 2.45) is 11.7 Å². The van der Waals surface area contributed by atoms with Gasteiger partial charge in [0, 0.05) is 28.7 Å². The van der Waals surface area contributed by atoms with Gasteiger partial charge in [0.25, 0.3) is 0 Å². The number of anilines is 1. The monoisotopic (exact) mass is 576 g/mol. The van der Waals surface area contributed by atoms with E-state index in [0.717, 1.165) is 27.7 Å². The molecular formula is C30H36N6O6. The average molecular weight is 577 g/mol. The first-order chi connectivity index (χ1) is 19.9. The molecule has 222 valence electrons. The van der Waals surface area contributed by atoms with E-state index in [0.29, 0.717) is 5.69 Å². The molecule has 42 heavy (non-hydrogen) atoms. The van der Waals surface area contributed by atoms with Crippen molar-refractivity contribution < 1.29 is 29.1 Å². The lowest BCUT2D eigenvalue weighted by molar-refractivity contribution is -0.140. The molecule has 0 spiro atoms. The number of fused-ring (bicyclic) bond motifs is 3. The number of benzene rings is 2. The van der Waals surface area contributed by atoms with Crippen LogP contribution in [0.3, 0.4) is 0 Å². The number of hydrogen-bond acceptors (Lipinski definition) is 5. The summed E-state index contributed by atoms with van der Waals surface area (Å²) in [4.78, 5) is 68.4. The second kappa shape index (κ2) is 12.8. The summed E-state index contributed by atoms with van der Waals surface area (Å²) in [5.41, 5.74) is 9.44. The number of aryl methyl sites for hydroxylation is 1. The van der Waals surface area contributed by atoms with E-state index in [9.17, 15) is 24.0 Å². The lowest BCUT2D eigenvalue weighted by atomic mass is 9.95. The maximum absolute atomic E-state index is 13.9. The Morgan fingerprint density at radius 1 is 1.05 bits per heavy atom. The van der Waals surface area contributed by atoms with Gasteiger partial charge in [-0.3, -0.25) is 19.2 Å². The van der Waals surface area contributed by atoms with Gasteiger partial charge in [-0.1, -0.05) is 44.2 Å². The Hall–Kier alpha value is -4.87. The molecule has 12 nitrogen and oxygen atoms in total. The van der Waals surface area contributed by atoms with Gasteiger partial charge >= 0.3 is 12.0 Å². The third-order valence-corrected chi connectivity index (χ3v) is 7.22. The van der Waals surface area contributed by atoms with Crippen LogP contribution in [-0.2, 0) is 32.1 Å². The highest BCUT2D eigenvalue weighted by Gasteiger charge is 2.38. The Morgan fingerprint density at radius 2 is 1.79 bits per heavy atom. The fourth-order valence-electron chi connectivity index (χ4n) is 5.21. The second-order valence-corrected chi connectivity index (χ2v) is 11.0. The standard InChI is InChI=1S/C30H36N6O6/c1-16(2)11-23(28(40)34-22(27(31)39)14-26(37)38)35-29(41)25-13-20-19-9-4-5-10-21(19)33-24(20)15-36(25)30(42)32-18-8-6-7-17(3)12-18/h4-10,12,16,22-23,25,33H,11,13-15H2,1-3H3,(H2,31,39)(H,32,42)(H,34,40)(H,35,41)(H,37,38)/t22-,23+,25-/m0/s1. The summed E-state index contributed by atoms with van der Waals surface area (Å²) >= 11 is 0. The number of nitrogens with one attached hydrogen (secondary N) is 4. The molecule has 1 aromatic heterocycles. The highest BCUT2D eigenvalue weighted by atomic mass is 16.4. The van der Waals surface area contributed by atoms with Crippen LogP contribution in [0.4, 0.5) is 10.5 Å². The maximum Gasteiger partial charge on any atom is 0.322 e. The predicted octanol–water partition coefficient (Wildman–Crippen LogP) is 2.41. The van der Waals surface area contributed by atoms with Gasteiger partial charge in [0.05, 0.1) is 13.0 Å². The van der Waals surface area contributed by atoms with Crippen molar-refractivity contribution in [1.29, 1.82) is 0 Å². The number of rotatable bonds is 10. The first kappa shape index (κ1) is 30.1. The number of nitrogens with two attached hydrogens (primary N) is 1. The second-order valence-electron chi connectivity index (χ2n) is 11.0. The topological polar surface area (TPSA) is 187 Å². The zero-order valence-corrected chi connectivity index (χ0v) is 23.8. The number of para-hydroxylation sites is 1. The van der Waals surface area contributed by atoms with Gasteiger partial charge in [-0.2, -0.15) is 0 Å². The highest BCUT2D eigenvalue weighted by Crippen LogP contribution is 2.31. The molecule has 7 N–H and O–H groups in total. The van der Waals surface area contributed by atoms with Crippen molar-refractivity contribution >= 4 is 46.3 Å². The van der Waals surface area contributed by atoms with Crippen LogP contribution in [-0.4, -0.2) is 62.8 Å². The van der Waals surface area contributed by atoms with Crippen LogP contribution in [0, 0.1) is 12.8 Å². The number of nitrogens with zero attached hydrogens (tertiary/aromatic N) is 1. The van der Waals surface area contributed by atoms with Gasteiger partial charge in [-0.25, -0.2) is 4.79 Å². The summed E-state index contributed by atoms with van der Waals surface area (Å²) in [5.74, 6) is -3.64. The number of hydrogen-bond donors (Lipinski definition) is 6. The minimum Gasteiger partial charge on any atom is -0.481 e. The van der Waals surface area contributed by atoms with Crippen LogP contribution in [0.25, 0.3) is 10.9 Å². The van der Waals surface area contributed by atoms with E-state index in [-0.39, 0.29) is 25.3 Å². The molecule has 4 rings (SSSR count). The number of primary amides is 1. The molecule has 3 aromatic rings. The Labute approximate surface area is 243 Å². The molecule has 2 heterocycles. The van der Waals surface area contributed by atoms with E-state index in [1.165, 1.54) is 4.90 Å². The number of amides is 5. The van der Waals surface area contributed by atoms with Gasteiger partial charge in [0.1, 0.15) is 18.1 Å². The number of urea groups is 1. The van der Waals surface area contributed by atoms with E-state index in [4.69, 9.17) is 10.8 Å². The number of carboxylic acid groups (broad SMARTS) is 1. The molecule has 1 aliphatic heterocycles. The molecular weight excluding hydrogens is 540 g/mol. The fraction of sp³-hybridized carbons (Fsp3) is 0.367. The van der Waals surface area contributed by atoms with Crippen molar-refractivity contribution in [2.75, 3.05) is 5.32 Å². The molecule has 1 aliphatic rings. The van der Waals surface area contributed by atoms with E-state index >= 15 is 0 Å². The average Bonchev–Trinajstić information content (AvgIpc) is 3.28. The smallest absolute Gasteiger partial charge is 0.322 e. The van der Waals surface area contributed by atoms with E-state index in [1.54, 1.807) is 6.07 Å². The van der Waals surface area contributed by atoms with E-state index < -0.39 is 54.3 Å². The molecule has 0 bridgehead atoms. The van der Waals surface area contributed by atoms with E-state index in [1.807, 2.05) is 63.2 Å². The normalized spacial score (nSPS) is 15.9. The predicted molar refractivity (Wildman–Crippen MR) is 156 cm³/mol. The van der Waals surface area contributed by atoms with Crippen LogP contribution >= 0.6 is 0 Å². The first-order valence-corrected chi connectivity index (χ1v) is 13.8. The molecule has 0 unspecified atom stereocenters. The van der Waals surface area contributed by atoms with Crippen LogP contribution in [0.2, 0.25) is 0 Å². The molecule has 2 aromatic carbocycles. The zero-order chi connectivity index (χ0) is 30.6. The summed E-state index contributed by atoms with van der Waals surface area (Å²) in [6.45, 7) is 5.75. The van der Waals surface area contributed by atoms with Crippen molar-refractivity contribution in [1.82, 2.24) is 20.5 Å². The van der Waals surface area contributed by atoms with Crippen molar-refractivity contribution in [2.45, 2.75) is 64.7 Å². The van der Waals surface area contributed by atoms with Gasteiger partial charge in [0.15, 0.2) is 0 Å². The zero-order valence-electron chi connectivity index (χ0n) is 23.8. The summed E-state index contributed by atoms with van der Waals surface area (Å²) < 4.78 is 0. The molecule has 12 heteroatoms. The Balaban J connectivity index is 1.62. The number of aliphatic carboxylic acids is 1. The van der Waals surface area contributed by atoms with Crippen molar-refractivity contribution in [3.63, 3.8) is 0 Å². The third kappa shape index (κ3) is 7.06. The molecule has 0 radical (unpaired) electrons. The SMILES string of the molecule is Cc1cccc(NC(=O)N2Cc3[nH]c4ccccc4c3C[C@H]2C(=O)N[C@H](CC(C)C)C(=O)N[C@@H](CC(=O)O)C(N)=O)c1. The van der Waals surface area contributed by atoms with Crippen molar-refractivity contribution in [3.8, 4) is 0 Å². The number of H-pyrrole nitrogens is 1.